The summed E-state index contributed by atoms with van der Waals surface area (Å²) < 4.78 is 0. The Kier molecular flexibility index (Phi) is 6.46. The summed E-state index contributed by atoms with van der Waals surface area (Å²) in [7, 11) is 0. The molecule has 2 aromatic carbocycles. The van der Waals surface area contributed by atoms with Gasteiger partial charge in [-0.05, 0) is 42.3 Å². The van der Waals surface area contributed by atoms with Gasteiger partial charge in [-0.15, -0.1) is 13.2 Å². The Hall–Kier alpha value is -2.02. The zero-order chi connectivity index (χ0) is 16.7. The summed E-state index contributed by atoms with van der Waals surface area (Å²) in [6.45, 7) is 12.7. The molecule has 0 N–H and O–H groups in total. The van der Waals surface area contributed by atoms with Crippen molar-refractivity contribution < 1.29 is 0 Å². The number of benzene rings is 2. The van der Waals surface area contributed by atoms with Gasteiger partial charge in [-0.25, -0.2) is 0 Å². The van der Waals surface area contributed by atoms with Crippen molar-refractivity contribution in [3.63, 3.8) is 0 Å². The van der Waals surface area contributed by atoms with Crippen molar-refractivity contribution in [2.75, 3.05) is 0 Å². The number of hydrogen-bond acceptors (Lipinski definition) is 0. The fraction of sp³-hybridized carbons (Fsp3) is 0.273. The van der Waals surface area contributed by atoms with Gasteiger partial charge in [0.1, 0.15) is 0 Å². The molecule has 0 aromatic heterocycles. The monoisotopic (exact) mass is 302 g/mol. The van der Waals surface area contributed by atoms with E-state index in [0.717, 1.165) is 25.6 Å². The average Bonchev–Trinajstić information content (AvgIpc) is 2.60. The van der Waals surface area contributed by atoms with Crippen LogP contribution in [0.25, 0.3) is 0 Å². The summed E-state index contributed by atoms with van der Waals surface area (Å²) in [6, 6.07) is 16.0. The van der Waals surface area contributed by atoms with Crippen molar-refractivity contribution in [1.29, 1.82) is 0 Å². The molecule has 0 fully saturated rings. The molecule has 0 radical (unpaired) electrons. The smallest absolute Gasteiger partial charge is 0.104 e. The van der Waals surface area contributed by atoms with Gasteiger partial charge in [0.15, 0.2) is 0 Å². The van der Waals surface area contributed by atoms with Gasteiger partial charge in [-0.3, -0.25) is 0 Å². The second kappa shape index (κ2) is 8.57. The summed E-state index contributed by atoms with van der Waals surface area (Å²) in [5.41, 5.74) is 6.96. The predicted octanol–water partition coefficient (Wildman–Crippen LogP) is 4.33. The van der Waals surface area contributed by atoms with Gasteiger partial charge in [-0.2, -0.15) is 0 Å². The van der Waals surface area contributed by atoms with Crippen molar-refractivity contribution >= 4 is 17.6 Å². The van der Waals surface area contributed by atoms with Crippen molar-refractivity contribution in [2.45, 2.75) is 39.4 Å². The third kappa shape index (κ3) is 4.25. The highest BCUT2D eigenvalue weighted by atomic mass is 14.0. The van der Waals surface area contributed by atoms with Crippen LogP contribution in [0.5, 0.6) is 0 Å². The summed E-state index contributed by atoms with van der Waals surface area (Å²) in [5.74, 6) is 0. The van der Waals surface area contributed by atoms with Gasteiger partial charge in [0.05, 0.1) is 0 Å². The lowest BCUT2D eigenvalue weighted by atomic mass is 9.38. The number of aryl methyl sites for hydroxylation is 2. The summed E-state index contributed by atoms with van der Waals surface area (Å²) >= 11 is 0. The van der Waals surface area contributed by atoms with Crippen molar-refractivity contribution in [3.05, 3.63) is 84.5 Å². The maximum atomic E-state index is 3.97. The first-order chi connectivity index (χ1) is 11.2. The van der Waals surface area contributed by atoms with E-state index in [2.05, 4.69) is 69.5 Å². The van der Waals surface area contributed by atoms with E-state index in [1.165, 1.54) is 27.6 Å². The minimum absolute atomic E-state index is 0.374. The van der Waals surface area contributed by atoms with Gasteiger partial charge in [0, 0.05) is 0 Å². The molecule has 0 aliphatic rings. The minimum atomic E-state index is 0.374. The lowest BCUT2D eigenvalue weighted by Gasteiger charge is -2.18. The Morgan fingerprint density at radius 3 is 2.09 bits per heavy atom. The molecule has 23 heavy (non-hydrogen) atoms. The van der Waals surface area contributed by atoms with E-state index in [1.807, 2.05) is 12.2 Å². The molecule has 0 saturated carbocycles. The van der Waals surface area contributed by atoms with Gasteiger partial charge in [0.2, 0.25) is 6.71 Å². The van der Waals surface area contributed by atoms with E-state index >= 15 is 0 Å². The number of rotatable bonds is 8. The molecular weight excluding hydrogens is 275 g/mol. The molecule has 0 spiro atoms. The SMILES string of the molecule is C=CCB(c1ccc(CC)cc1)c1ccc(CC)cc1CC=C. The Morgan fingerprint density at radius 1 is 0.870 bits per heavy atom. The zero-order valence-corrected chi connectivity index (χ0v) is 14.5. The van der Waals surface area contributed by atoms with E-state index in [-0.39, 0.29) is 0 Å². The van der Waals surface area contributed by atoms with Crippen LogP contribution >= 0.6 is 0 Å². The molecule has 0 aliphatic heterocycles. The third-order valence-electron chi connectivity index (χ3n) is 4.55. The minimum Gasteiger partial charge on any atom is -0.104 e. The molecule has 0 saturated heterocycles. The molecule has 0 heterocycles. The Labute approximate surface area is 142 Å². The standard InChI is InChI=1S/C22H27B/c1-5-9-20-17-19(8-4)12-15-22(20)23(16-6-2)21-13-10-18(7-3)11-14-21/h5-6,10-15,17H,1-2,7-9,16H2,3-4H3. The fourth-order valence-electron chi connectivity index (χ4n) is 3.15. The van der Waals surface area contributed by atoms with Crippen LogP contribution in [0.15, 0.2) is 67.8 Å². The van der Waals surface area contributed by atoms with Crippen LogP contribution < -0.4 is 10.9 Å². The topological polar surface area (TPSA) is 0 Å². The first-order valence-corrected chi connectivity index (χ1v) is 8.65. The van der Waals surface area contributed by atoms with Crippen LogP contribution in [0.2, 0.25) is 6.32 Å². The first-order valence-electron chi connectivity index (χ1n) is 8.65. The van der Waals surface area contributed by atoms with E-state index < -0.39 is 0 Å². The predicted molar refractivity (Wildman–Crippen MR) is 106 cm³/mol. The Balaban J connectivity index is 2.46. The molecule has 0 bridgehead atoms. The second-order valence-electron chi connectivity index (χ2n) is 6.05. The van der Waals surface area contributed by atoms with Crippen LogP contribution in [-0.4, -0.2) is 6.71 Å². The normalized spacial score (nSPS) is 10.3. The molecule has 118 valence electrons. The second-order valence-corrected chi connectivity index (χ2v) is 6.05. The quantitative estimate of drug-likeness (QED) is 0.503. The highest BCUT2D eigenvalue weighted by molar-refractivity contribution is 6.85. The molecule has 0 unspecified atom stereocenters. The van der Waals surface area contributed by atoms with Crippen molar-refractivity contribution in [2.24, 2.45) is 0 Å². The highest BCUT2D eigenvalue weighted by Crippen LogP contribution is 2.10. The molecule has 2 rings (SSSR count). The molecule has 0 nitrogen and oxygen atoms in total. The third-order valence-corrected chi connectivity index (χ3v) is 4.55. The highest BCUT2D eigenvalue weighted by Gasteiger charge is 2.20. The van der Waals surface area contributed by atoms with Gasteiger partial charge < -0.3 is 0 Å². The Bertz CT molecular complexity index is 652. The van der Waals surface area contributed by atoms with Crippen LogP contribution in [0.1, 0.15) is 30.5 Å². The van der Waals surface area contributed by atoms with Crippen molar-refractivity contribution in [3.8, 4) is 0 Å². The number of hydrogen-bond donors (Lipinski definition) is 0. The zero-order valence-electron chi connectivity index (χ0n) is 14.5. The average molecular weight is 302 g/mol. The van der Waals surface area contributed by atoms with Crippen molar-refractivity contribution in [1.82, 2.24) is 0 Å². The lowest BCUT2D eigenvalue weighted by Crippen LogP contribution is -2.43. The lowest BCUT2D eigenvalue weighted by molar-refractivity contribution is 1.12. The summed E-state index contributed by atoms with van der Waals surface area (Å²) in [6.07, 6.45) is 8.07. The van der Waals surface area contributed by atoms with Crippen LogP contribution in [0.3, 0.4) is 0 Å². The largest absolute Gasteiger partial charge is 0.213 e. The van der Waals surface area contributed by atoms with Gasteiger partial charge in [-0.1, -0.05) is 79.4 Å². The molecule has 1 heteroatoms. The van der Waals surface area contributed by atoms with Crippen LogP contribution in [0, 0.1) is 0 Å². The van der Waals surface area contributed by atoms with Crippen LogP contribution in [0.4, 0.5) is 0 Å². The van der Waals surface area contributed by atoms with Crippen LogP contribution in [-0.2, 0) is 19.3 Å². The van der Waals surface area contributed by atoms with E-state index in [4.69, 9.17) is 0 Å². The van der Waals surface area contributed by atoms with E-state index in [1.54, 1.807) is 0 Å². The fourth-order valence-corrected chi connectivity index (χ4v) is 3.15. The van der Waals surface area contributed by atoms with E-state index in [0.29, 0.717) is 6.71 Å². The summed E-state index contributed by atoms with van der Waals surface area (Å²) in [4.78, 5) is 0. The molecule has 2 aromatic rings. The molecule has 0 aliphatic carbocycles. The molecule has 0 amide bonds. The van der Waals surface area contributed by atoms with Gasteiger partial charge >= 0.3 is 0 Å². The maximum Gasteiger partial charge on any atom is 0.213 e. The molecular formula is C22H27B. The van der Waals surface area contributed by atoms with E-state index in [9.17, 15) is 0 Å². The number of allylic oxidation sites excluding steroid dienone is 2. The first kappa shape index (κ1) is 17.3. The van der Waals surface area contributed by atoms with Gasteiger partial charge in [0.25, 0.3) is 0 Å². The maximum absolute atomic E-state index is 3.97. The molecule has 0 atom stereocenters. The summed E-state index contributed by atoms with van der Waals surface area (Å²) in [5, 5.41) is 0. The Morgan fingerprint density at radius 2 is 1.52 bits per heavy atom.